The highest BCUT2D eigenvalue weighted by Gasteiger charge is 2.38. The lowest BCUT2D eigenvalue weighted by Crippen LogP contribution is -2.26. The number of alkyl halides is 5. The fourth-order valence-electron chi connectivity index (χ4n) is 2.84. The number of benzene rings is 1. The number of aromatic nitrogens is 1. The Morgan fingerprint density at radius 3 is 2.41 bits per heavy atom. The zero-order valence-corrected chi connectivity index (χ0v) is 14.0. The smallest absolute Gasteiger partial charge is 0.363 e. The van der Waals surface area contributed by atoms with Crippen molar-refractivity contribution in [3.63, 3.8) is 0 Å². The molecule has 0 unspecified atom stereocenters. The predicted octanol–water partition coefficient (Wildman–Crippen LogP) is 4.24. The maximum Gasteiger partial charge on any atom is 0.419 e. The standard InChI is InChI=1S/C15H11F7N2O2S/c16-9-4-11(10(17)3-8(9)15(20,21)22)24-27(25,26)13-6-23-12-5-14(18,19)2-1-7(12)13/h3-4,6,23-24H,1-2,5H2. The number of nitrogens with one attached hydrogen (secondary N) is 2. The predicted molar refractivity (Wildman–Crippen MR) is 79.9 cm³/mol. The summed E-state index contributed by atoms with van der Waals surface area (Å²) in [5.74, 6) is -6.50. The van der Waals surface area contributed by atoms with Crippen LogP contribution < -0.4 is 4.72 Å². The third kappa shape index (κ3) is 3.75. The first-order valence-electron chi connectivity index (χ1n) is 7.46. The fraction of sp³-hybridized carbons (Fsp3) is 0.333. The van der Waals surface area contributed by atoms with Gasteiger partial charge in [0.25, 0.3) is 15.9 Å². The molecule has 148 valence electrons. The second-order valence-electron chi connectivity index (χ2n) is 6.06. The van der Waals surface area contributed by atoms with Crippen molar-refractivity contribution in [1.82, 2.24) is 4.98 Å². The molecule has 2 N–H and O–H groups in total. The SMILES string of the molecule is O=S(=O)(Nc1cc(F)c(C(F)(F)F)cc1F)c1c[nH]c2c1CCC(F)(F)C2. The number of halogens is 7. The molecule has 1 aromatic heterocycles. The van der Waals surface area contributed by atoms with Crippen LogP contribution in [-0.4, -0.2) is 19.3 Å². The highest BCUT2D eigenvalue weighted by Crippen LogP contribution is 2.37. The van der Waals surface area contributed by atoms with Gasteiger partial charge in [0.1, 0.15) is 16.5 Å². The van der Waals surface area contributed by atoms with Gasteiger partial charge in [0.15, 0.2) is 0 Å². The molecule has 2 aromatic rings. The monoisotopic (exact) mass is 416 g/mol. The van der Waals surface area contributed by atoms with E-state index in [1.54, 1.807) is 4.72 Å². The second kappa shape index (κ2) is 6.14. The third-order valence-corrected chi connectivity index (χ3v) is 5.54. The molecule has 0 saturated carbocycles. The molecule has 0 amide bonds. The molecule has 1 aromatic carbocycles. The van der Waals surface area contributed by atoms with Crippen LogP contribution in [0, 0.1) is 11.6 Å². The van der Waals surface area contributed by atoms with Gasteiger partial charge in [-0.1, -0.05) is 0 Å². The molecule has 1 aliphatic rings. The Morgan fingerprint density at radius 1 is 1.11 bits per heavy atom. The molecular weight excluding hydrogens is 405 g/mol. The maximum absolute atomic E-state index is 13.9. The first-order chi connectivity index (χ1) is 12.3. The van der Waals surface area contributed by atoms with Gasteiger partial charge in [0, 0.05) is 24.4 Å². The molecule has 0 bridgehead atoms. The van der Waals surface area contributed by atoms with Crippen LogP contribution in [0.2, 0.25) is 0 Å². The van der Waals surface area contributed by atoms with E-state index >= 15 is 0 Å². The van der Waals surface area contributed by atoms with Gasteiger partial charge in [-0.2, -0.15) is 13.2 Å². The highest BCUT2D eigenvalue weighted by molar-refractivity contribution is 7.92. The fourth-order valence-corrected chi connectivity index (χ4v) is 4.16. The number of rotatable bonds is 3. The summed E-state index contributed by atoms with van der Waals surface area (Å²) in [7, 11) is -4.55. The van der Waals surface area contributed by atoms with Gasteiger partial charge in [0.05, 0.1) is 17.7 Å². The summed E-state index contributed by atoms with van der Waals surface area (Å²) in [5.41, 5.74) is -2.85. The number of sulfonamides is 1. The molecule has 0 aliphatic heterocycles. The first kappa shape index (κ1) is 19.5. The van der Waals surface area contributed by atoms with Crippen molar-refractivity contribution in [3.8, 4) is 0 Å². The molecular formula is C15H11F7N2O2S. The van der Waals surface area contributed by atoms with Crippen molar-refractivity contribution in [3.05, 3.63) is 46.8 Å². The summed E-state index contributed by atoms with van der Waals surface area (Å²) < 4.78 is 118. The quantitative estimate of drug-likeness (QED) is 0.736. The summed E-state index contributed by atoms with van der Waals surface area (Å²) in [5, 5.41) is 0. The Labute approximate surface area is 148 Å². The van der Waals surface area contributed by atoms with E-state index in [1.807, 2.05) is 0 Å². The molecule has 0 atom stereocenters. The van der Waals surface area contributed by atoms with Gasteiger partial charge < -0.3 is 4.98 Å². The molecule has 1 heterocycles. The Balaban J connectivity index is 1.95. The molecule has 0 fully saturated rings. The second-order valence-corrected chi connectivity index (χ2v) is 7.71. The van der Waals surface area contributed by atoms with E-state index < -0.39 is 62.7 Å². The van der Waals surface area contributed by atoms with Crippen molar-refractivity contribution < 1.29 is 39.2 Å². The lowest BCUT2D eigenvalue weighted by molar-refractivity contribution is -0.140. The van der Waals surface area contributed by atoms with E-state index in [4.69, 9.17) is 0 Å². The normalized spacial score (nSPS) is 16.9. The van der Waals surface area contributed by atoms with E-state index in [-0.39, 0.29) is 29.8 Å². The van der Waals surface area contributed by atoms with Gasteiger partial charge >= 0.3 is 6.18 Å². The van der Waals surface area contributed by atoms with Crippen LogP contribution >= 0.6 is 0 Å². The topological polar surface area (TPSA) is 62.0 Å². The number of anilines is 1. The molecule has 3 rings (SSSR count). The minimum absolute atomic E-state index is 0.00861. The number of aromatic amines is 1. The van der Waals surface area contributed by atoms with Crippen LogP contribution in [0.5, 0.6) is 0 Å². The zero-order chi connectivity index (χ0) is 20.2. The van der Waals surface area contributed by atoms with E-state index in [9.17, 15) is 39.2 Å². The number of hydrogen-bond acceptors (Lipinski definition) is 2. The average molecular weight is 416 g/mol. The van der Waals surface area contributed by atoms with Crippen molar-refractivity contribution in [2.24, 2.45) is 0 Å². The highest BCUT2D eigenvalue weighted by atomic mass is 32.2. The average Bonchev–Trinajstić information content (AvgIpc) is 2.91. The lowest BCUT2D eigenvalue weighted by atomic mass is 9.95. The summed E-state index contributed by atoms with van der Waals surface area (Å²) >= 11 is 0. The van der Waals surface area contributed by atoms with E-state index in [0.29, 0.717) is 0 Å². The number of hydrogen-bond donors (Lipinski definition) is 2. The van der Waals surface area contributed by atoms with Crippen LogP contribution in [0.15, 0.2) is 23.2 Å². The van der Waals surface area contributed by atoms with Crippen LogP contribution in [-0.2, 0) is 29.0 Å². The summed E-state index contributed by atoms with van der Waals surface area (Å²) in [6.45, 7) is 0. The van der Waals surface area contributed by atoms with Crippen LogP contribution in [0.4, 0.5) is 36.4 Å². The first-order valence-corrected chi connectivity index (χ1v) is 8.94. The Kier molecular flexibility index (Phi) is 4.44. The Bertz CT molecular complexity index is 996. The molecule has 27 heavy (non-hydrogen) atoms. The van der Waals surface area contributed by atoms with E-state index in [0.717, 1.165) is 6.20 Å². The van der Waals surface area contributed by atoms with E-state index in [2.05, 4.69) is 4.98 Å². The van der Waals surface area contributed by atoms with Crippen LogP contribution in [0.3, 0.4) is 0 Å². The Morgan fingerprint density at radius 2 is 1.78 bits per heavy atom. The summed E-state index contributed by atoms with van der Waals surface area (Å²) in [6.07, 6.45) is -5.81. The third-order valence-electron chi connectivity index (χ3n) is 4.11. The summed E-state index contributed by atoms with van der Waals surface area (Å²) in [6, 6.07) is -0.0940. The van der Waals surface area contributed by atoms with Crippen molar-refractivity contribution >= 4 is 15.7 Å². The lowest BCUT2D eigenvalue weighted by Gasteiger charge is -2.22. The van der Waals surface area contributed by atoms with Crippen molar-refractivity contribution in [2.45, 2.75) is 36.3 Å². The maximum atomic E-state index is 13.9. The van der Waals surface area contributed by atoms with Gasteiger partial charge in [0.2, 0.25) is 0 Å². The minimum atomic E-state index is -5.16. The molecule has 0 saturated heterocycles. The molecule has 0 spiro atoms. The van der Waals surface area contributed by atoms with Gasteiger partial charge in [-0.05, 0) is 18.1 Å². The van der Waals surface area contributed by atoms with Crippen LogP contribution in [0.25, 0.3) is 0 Å². The largest absolute Gasteiger partial charge is 0.419 e. The van der Waals surface area contributed by atoms with Crippen molar-refractivity contribution in [1.29, 1.82) is 0 Å². The Hall–Kier alpha value is -2.24. The molecule has 4 nitrogen and oxygen atoms in total. The van der Waals surface area contributed by atoms with Crippen molar-refractivity contribution in [2.75, 3.05) is 4.72 Å². The van der Waals surface area contributed by atoms with E-state index in [1.165, 1.54) is 0 Å². The molecule has 0 radical (unpaired) electrons. The minimum Gasteiger partial charge on any atom is -0.363 e. The zero-order valence-electron chi connectivity index (χ0n) is 13.2. The van der Waals surface area contributed by atoms with Gasteiger partial charge in [-0.25, -0.2) is 26.0 Å². The molecule has 12 heteroatoms. The van der Waals surface area contributed by atoms with Gasteiger partial charge in [-0.15, -0.1) is 0 Å². The summed E-state index contributed by atoms with van der Waals surface area (Å²) in [4.78, 5) is 1.96. The number of H-pyrrole nitrogens is 1. The molecule has 1 aliphatic carbocycles. The van der Waals surface area contributed by atoms with Crippen LogP contribution in [0.1, 0.15) is 23.2 Å². The van der Waals surface area contributed by atoms with Gasteiger partial charge in [-0.3, -0.25) is 4.72 Å². The number of fused-ring (bicyclic) bond motifs is 1.